The Morgan fingerprint density at radius 2 is 2.06 bits per heavy atom. The van der Waals surface area contributed by atoms with Crippen LogP contribution in [0, 0.1) is 0 Å². The van der Waals surface area contributed by atoms with Crippen molar-refractivity contribution in [3.05, 3.63) is 30.6 Å². The van der Waals surface area contributed by atoms with E-state index in [1.165, 1.54) is 18.0 Å². The van der Waals surface area contributed by atoms with Gasteiger partial charge in [0.05, 0.1) is 24.6 Å². The van der Waals surface area contributed by atoms with Gasteiger partial charge in [-0.3, -0.25) is 9.78 Å². The Labute approximate surface area is 192 Å². The summed E-state index contributed by atoms with van der Waals surface area (Å²) in [5.74, 6) is 0.971. The van der Waals surface area contributed by atoms with Crippen LogP contribution in [0.5, 0.6) is 5.75 Å². The van der Waals surface area contributed by atoms with Gasteiger partial charge in [0.1, 0.15) is 16.9 Å². The molecule has 32 heavy (non-hydrogen) atoms. The van der Waals surface area contributed by atoms with E-state index in [0.717, 1.165) is 61.8 Å². The van der Waals surface area contributed by atoms with Crippen molar-refractivity contribution in [3.8, 4) is 5.75 Å². The molecule has 2 heterocycles. The van der Waals surface area contributed by atoms with Crippen LogP contribution in [-0.4, -0.2) is 72.7 Å². The quantitative estimate of drug-likeness (QED) is 0.568. The monoisotopic (exact) mass is 457 g/mol. The number of rotatable bonds is 7. The van der Waals surface area contributed by atoms with Crippen molar-refractivity contribution >= 4 is 29.2 Å². The maximum atomic E-state index is 11.5. The average molecular weight is 458 g/mol. The Morgan fingerprint density at radius 3 is 2.78 bits per heavy atom. The first-order chi connectivity index (χ1) is 15.5. The number of carbonyl (C=O) groups is 1. The molecule has 1 amide bonds. The Bertz CT molecular complexity index is 936. The molecule has 4 rings (SSSR count). The SMILES string of the molecule is CN1CCN(c2ccc(Sc3cncc(NC(=O)CN)n3)cc2OC2CCC(N)C2)CC1. The van der Waals surface area contributed by atoms with Crippen molar-refractivity contribution in [1.82, 2.24) is 14.9 Å². The minimum absolute atomic E-state index is 0.0989. The third kappa shape index (κ3) is 5.89. The van der Waals surface area contributed by atoms with Crippen molar-refractivity contribution < 1.29 is 9.53 Å². The highest BCUT2D eigenvalue weighted by Crippen LogP contribution is 2.38. The Morgan fingerprint density at radius 1 is 1.25 bits per heavy atom. The smallest absolute Gasteiger partial charge is 0.239 e. The van der Waals surface area contributed by atoms with Gasteiger partial charge in [0, 0.05) is 37.1 Å². The molecule has 5 N–H and O–H groups in total. The van der Waals surface area contributed by atoms with Gasteiger partial charge in [-0.1, -0.05) is 11.8 Å². The first-order valence-corrected chi connectivity index (χ1v) is 11.8. The highest BCUT2D eigenvalue weighted by atomic mass is 32.2. The number of benzene rings is 1. The second kappa shape index (κ2) is 10.5. The summed E-state index contributed by atoms with van der Waals surface area (Å²) in [5, 5.41) is 3.32. The zero-order chi connectivity index (χ0) is 22.5. The zero-order valence-electron chi connectivity index (χ0n) is 18.4. The Hall–Kier alpha value is -2.40. The third-order valence-electron chi connectivity index (χ3n) is 5.78. The number of aromatic nitrogens is 2. The van der Waals surface area contributed by atoms with Crippen molar-refractivity contribution in [2.75, 3.05) is 50.0 Å². The van der Waals surface area contributed by atoms with E-state index in [4.69, 9.17) is 16.2 Å². The summed E-state index contributed by atoms with van der Waals surface area (Å²) in [6.07, 6.45) is 6.19. The number of nitrogens with one attached hydrogen (secondary N) is 1. The van der Waals surface area contributed by atoms with Crippen LogP contribution in [-0.2, 0) is 4.79 Å². The predicted molar refractivity (Wildman–Crippen MR) is 126 cm³/mol. The molecular weight excluding hydrogens is 426 g/mol. The molecule has 0 bridgehead atoms. The summed E-state index contributed by atoms with van der Waals surface area (Å²) in [5.41, 5.74) is 12.6. The summed E-state index contributed by atoms with van der Waals surface area (Å²) >= 11 is 1.48. The highest BCUT2D eigenvalue weighted by molar-refractivity contribution is 7.99. The van der Waals surface area contributed by atoms with Crippen LogP contribution in [0.25, 0.3) is 0 Å². The van der Waals surface area contributed by atoms with Gasteiger partial charge in [0.15, 0.2) is 5.82 Å². The lowest BCUT2D eigenvalue weighted by Gasteiger charge is -2.35. The van der Waals surface area contributed by atoms with Gasteiger partial charge in [-0.25, -0.2) is 4.98 Å². The lowest BCUT2D eigenvalue weighted by molar-refractivity contribution is -0.114. The van der Waals surface area contributed by atoms with E-state index >= 15 is 0 Å². The van der Waals surface area contributed by atoms with Crippen molar-refractivity contribution in [2.24, 2.45) is 11.5 Å². The van der Waals surface area contributed by atoms with E-state index < -0.39 is 0 Å². The normalized spacial score (nSPS) is 21.5. The number of nitrogens with zero attached hydrogens (tertiary/aromatic N) is 4. The Balaban J connectivity index is 1.54. The molecule has 2 aromatic rings. The summed E-state index contributed by atoms with van der Waals surface area (Å²) in [6, 6.07) is 6.50. The van der Waals surface area contributed by atoms with Gasteiger partial charge in [0.25, 0.3) is 0 Å². The van der Waals surface area contributed by atoms with Gasteiger partial charge in [0.2, 0.25) is 5.91 Å². The number of hydrogen-bond acceptors (Lipinski definition) is 9. The largest absolute Gasteiger partial charge is 0.488 e. The maximum absolute atomic E-state index is 11.5. The number of amides is 1. The molecule has 2 fully saturated rings. The molecule has 1 saturated carbocycles. The fourth-order valence-electron chi connectivity index (χ4n) is 3.99. The van der Waals surface area contributed by atoms with Crippen molar-refractivity contribution in [2.45, 2.75) is 41.3 Å². The first-order valence-electron chi connectivity index (χ1n) is 11.0. The van der Waals surface area contributed by atoms with E-state index in [9.17, 15) is 4.79 Å². The molecule has 0 spiro atoms. The van der Waals surface area contributed by atoms with E-state index in [1.807, 2.05) is 0 Å². The average Bonchev–Trinajstić information content (AvgIpc) is 3.19. The number of nitrogens with two attached hydrogens (primary N) is 2. The van der Waals surface area contributed by atoms with E-state index in [1.54, 1.807) is 6.20 Å². The van der Waals surface area contributed by atoms with Gasteiger partial charge in [-0.05, 0) is 44.5 Å². The van der Waals surface area contributed by atoms with Crippen LogP contribution >= 0.6 is 11.8 Å². The number of likely N-dealkylation sites (N-methyl/N-ethyl adjacent to an activating group) is 1. The Kier molecular flexibility index (Phi) is 7.46. The van der Waals surface area contributed by atoms with Crippen LogP contribution < -0.4 is 26.4 Å². The molecular formula is C22H31N7O2S. The molecule has 172 valence electrons. The summed E-state index contributed by atoms with van der Waals surface area (Å²) < 4.78 is 6.47. The highest BCUT2D eigenvalue weighted by Gasteiger charge is 2.26. The molecule has 9 nitrogen and oxygen atoms in total. The molecule has 1 aliphatic carbocycles. The van der Waals surface area contributed by atoms with Gasteiger partial charge >= 0.3 is 0 Å². The third-order valence-corrected chi connectivity index (χ3v) is 6.68. The molecule has 2 atom stereocenters. The summed E-state index contributed by atoms with van der Waals surface area (Å²) in [6.45, 7) is 3.90. The van der Waals surface area contributed by atoms with E-state index in [-0.39, 0.29) is 24.6 Å². The molecule has 1 aromatic carbocycles. The second-order valence-corrected chi connectivity index (χ2v) is 9.42. The number of ether oxygens (including phenoxy) is 1. The fraction of sp³-hybridized carbons (Fsp3) is 0.500. The van der Waals surface area contributed by atoms with Crippen LogP contribution in [0.4, 0.5) is 11.5 Å². The molecule has 0 radical (unpaired) electrons. The van der Waals surface area contributed by atoms with E-state index in [2.05, 4.69) is 50.3 Å². The van der Waals surface area contributed by atoms with Gasteiger partial charge < -0.3 is 31.3 Å². The molecule has 1 aliphatic heterocycles. The molecule has 10 heteroatoms. The summed E-state index contributed by atoms with van der Waals surface area (Å²) in [7, 11) is 2.15. The van der Waals surface area contributed by atoms with Gasteiger partial charge in [-0.2, -0.15) is 0 Å². The molecule has 2 unspecified atom stereocenters. The first kappa shape index (κ1) is 22.8. The number of carbonyl (C=O) groups excluding carboxylic acids is 1. The van der Waals surface area contributed by atoms with Gasteiger partial charge in [-0.15, -0.1) is 0 Å². The molecule has 1 aromatic heterocycles. The lowest BCUT2D eigenvalue weighted by atomic mass is 10.2. The van der Waals surface area contributed by atoms with Crippen LogP contribution in [0.1, 0.15) is 19.3 Å². The predicted octanol–water partition coefficient (Wildman–Crippen LogP) is 1.54. The number of hydrogen-bond donors (Lipinski definition) is 3. The molecule has 1 saturated heterocycles. The fourth-order valence-corrected chi connectivity index (χ4v) is 4.79. The van der Waals surface area contributed by atoms with Crippen LogP contribution in [0.15, 0.2) is 40.5 Å². The lowest BCUT2D eigenvalue weighted by Crippen LogP contribution is -2.44. The number of piperazine rings is 1. The summed E-state index contributed by atoms with van der Waals surface area (Å²) in [4.78, 5) is 25.9. The van der Waals surface area contributed by atoms with Crippen LogP contribution in [0.3, 0.4) is 0 Å². The number of anilines is 2. The second-order valence-electron chi connectivity index (χ2n) is 8.33. The zero-order valence-corrected chi connectivity index (χ0v) is 19.2. The van der Waals surface area contributed by atoms with Crippen molar-refractivity contribution in [1.29, 1.82) is 0 Å². The van der Waals surface area contributed by atoms with Crippen LogP contribution in [0.2, 0.25) is 0 Å². The standard InChI is InChI=1S/C22H31N7O2S/c1-28-6-8-29(9-7-28)18-5-4-17(11-19(18)31-16-3-2-15(24)10-16)32-22-14-25-13-20(27-22)26-21(30)12-23/h4-5,11,13-16H,2-3,6-10,12,23-24H2,1H3,(H,26,27,30). The van der Waals surface area contributed by atoms with E-state index in [0.29, 0.717) is 10.8 Å². The topological polar surface area (TPSA) is 123 Å². The minimum atomic E-state index is -0.302. The molecule has 2 aliphatic rings. The maximum Gasteiger partial charge on any atom is 0.239 e. The minimum Gasteiger partial charge on any atom is -0.488 e. The van der Waals surface area contributed by atoms with Crippen molar-refractivity contribution in [3.63, 3.8) is 0 Å².